The molecule has 0 spiro atoms. The topological polar surface area (TPSA) is 90.9 Å². The van der Waals surface area contributed by atoms with E-state index >= 15 is 0 Å². The molecule has 23 heavy (non-hydrogen) atoms. The predicted molar refractivity (Wildman–Crippen MR) is 80.4 cm³/mol. The van der Waals surface area contributed by atoms with Crippen LogP contribution in [0, 0.1) is 17.8 Å². The van der Waals surface area contributed by atoms with E-state index in [9.17, 15) is 14.4 Å². The largest absolute Gasteiger partial charge is 0.468 e. The third-order valence-corrected chi connectivity index (χ3v) is 4.30. The van der Waals surface area contributed by atoms with Crippen molar-refractivity contribution in [1.82, 2.24) is 5.32 Å². The van der Waals surface area contributed by atoms with E-state index in [2.05, 4.69) is 10.1 Å². The summed E-state index contributed by atoms with van der Waals surface area (Å²) >= 11 is 0. The highest BCUT2D eigenvalue weighted by atomic mass is 16.6. The Morgan fingerprint density at radius 3 is 2.70 bits per heavy atom. The van der Waals surface area contributed by atoms with E-state index < -0.39 is 12.1 Å². The summed E-state index contributed by atoms with van der Waals surface area (Å²) in [5.41, 5.74) is 0. The van der Waals surface area contributed by atoms with Gasteiger partial charge in [0, 0.05) is 0 Å². The van der Waals surface area contributed by atoms with Gasteiger partial charge in [0.2, 0.25) is 0 Å². The lowest BCUT2D eigenvalue weighted by Crippen LogP contribution is -2.33. The second-order valence-electron chi connectivity index (χ2n) is 5.72. The number of nitrogens with one attached hydrogen (secondary N) is 1. The van der Waals surface area contributed by atoms with E-state index in [1.165, 1.54) is 7.11 Å². The molecule has 0 heterocycles. The zero-order valence-electron chi connectivity index (χ0n) is 13.4. The highest BCUT2D eigenvalue weighted by Gasteiger charge is 2.54. The smallest absolute Gasteiger partial charge is 0.408 e. The number of carbonyl (C=O) groups excluding carboxylic acids is 3. The fourth-order valence-electron chi connectivity index (χ4n) is 3.08. The summed E-state index contributed by atoms with van der Waals surface area (Å²) in [6.45, 7) is 1.98. The van der Waals surface area contributed by atoms with Gasteiger partial charge in [0.05, 0.1) is 19.6 Å². The zero-order valence-corrected chi connectivity index (χ0v) is 13.4. The molecule has 0 bridgehead atoms. The molecule has 2 rings (SSSR count). The number of allylic oxidation sites excluding steroid dienone is 1. The van der Waals surface area contributed by atoms with Gasteiger partial charge in [0.1, 0.15) is 12.6 Å². The molecular formula is C16H23NO6. The van der Waals surface area contributed by atoms with Crippen molar-refractivity contribution in [2.45, 2.75) is 32.3 Å². The SMILES string of the molecule is CCOC(=O)[C@H]1[C@@H]2CCC(OC(=O)NCC(=O)OC)/C=C\C[C@@H]21. The van der Waals surface area contributed by atoms with Gasteiger partial charge in [-0.15, -0.1) is 0 Å². The van der Waals surface area contributed by atoms with Crippen LogP contribution in [0.15, 0.2) is 12.2 Å². The minimum Gasteiger partial charge on any atom is -0.468 e. The fourth-order valence-corrected chi connectivity index (χ4v) is 3.08. The average molecular weight is 325 g/mol. The van der Waals surface area contributed by atoms with Crippen LogP contribution in [-0.2, 0) is 23.8 Å². The van der Waals surface area contributed by atoms with Crippen LogP contribution in [0.2, 0.25) is 0 Å². The second-order valence-corrected chi connectivity index (χ2v) is 5.72. The third-order valence-electron chi connectivity index (χ3n) is 4.30. The molecule has 1 fully saturated rings. The minimum atomic E-state index is -0.653. The molecule has 0 radical (unpaired) electrons. The van der Waals surface area contributed by atoms with Crippen molar-refractivity contribution in [2.24, 2.45) is 17.8 Å². The molecular weight excluding hydrogens is 302 g/mol. The Balaban J connectivity index is 1.78. The Kier molecular flexibility index (Phi) is 6.01. The number of amides is 1. The Morgan fingerprint density at radius 1 is 1.22 bits per heavy atom. The highest BCUT2D eigenvalue weighted by molar-refractivity contribution is 5.78. The molecule has 7 heteroatoms. The van der Waals surface area contributed by atoms with Gasteiger partial charge < -0.3 is 19.5 Å². The third kappa shape index (κ3) is 4.71. The predicted octanol–water partition coefficient (Wildman–Crippen LogP) is 1.42. The molecule has 1 amide bonds. The van der Waals surface area contributed by atoms with Gasteiger partial charge in [-0.25, -0.2) is 4.79 Å². The van der Waals surface area contributed by atoms with Gasteiger partial charge >= 0.3 is 18.0 Å². The van der Waals surface area contributed by atoms with Crippen molar-refractivity contribution in [3.05, 3.63) is 12.2 Å². The fraction of sp³-hybridized carbons (Fsp3) is 0.688. The summed E-state index contributed by atoms with van der Waals surface area (Å²) in [4.78, 5) is 34.4. The van der Waals surface area contributed by atoms with Crippen molar-refractivity contribution in [3.8, 4) is 0 Å². The number of rotatable bonds is 5. The van der Waals surface area contributed by atoms with Crippen molar-refractivity contribution < 1.29 is 28.6 Å². The standard InChI is InChI=1S/C16H23NO6/c1-3-22-15(19)14-11-6-4-5-10(7-8-12(11)14)23-16(20)17-9-13(18)21-2/h4-5,10-12,14H,3,6-9H2,1-2H3,(H,17,20)/b5-4-/t10?,11-,12+,14+/m0/s1. The van der Waals surface area contributed by atoms with Crippen LogP contribution in [0.5, 0.6) is 0 Å². The van der Waals surface area contributed by atoms with Crippen molar-refractivity contribution in [1.29, 1.82) is 0 Å². The summed E-state index contributed by atoms with van der Waals surface area (Å²) in [5.74, 6) is -0.0199. The van der Waals surface area contributed by atoms with E-state index in [1.807, 2.05) is 12.2 Å². The summed E-state index contributed by atoms with van der Waals surface area (Å²) in [5, 5.41) is 2.34. The van der Waals surface area contributed by atoms with Crippen LogP contribution >= 0.6 is 0 Å². The number of hydrogen-bond acceptors (Lipinski definition) is 6. The van der Waals surface area contributed by atoms with E-state index in [4.69, 9.17) is 9.47 Å². The van der Waals surface area contributed by atoms with Gasteiger partial charge in [-0.1, -0.05) is 6.08 Å². The van der Waals surface area contributed by atoms with E-state index in [0.29, 0.717) is 24.9 Å². The normalized spacial score (nSPS) is 30.0. The number of methoxy groups -OCH3 is 1. The second kappa shape index (κ2) is 7.99. The highest BCUT2D eigenvalue weighted by Crippen LogP contribution is 2.53. The van der Waals surface area contributed by atoms with Crippen molar-refractivity contribution in [2.75, 3.05) is 20.3 Å². The number of esters is 2. The number of carbonyl (C=O) groups is 3. The molecule has 0 aromatic rings. The summed E-state index contributed by atoms with van der Waals surface area (Å²) in [6.07, 6.45) is 5.05. The number of alkyl carbamates (subject to hydrolysis) is 1. The molecule has 0 saturated heterocycles. The lowest BCUT2D eigenvalue weighted by molar-refractivity contribution is -0.145. The summed E-state index contributed by atoms with van der Waals surface area (Å²) in [7, 11) is 1.25. The first-order chi connectivity index (χ1) is 11.1. The Labute approximate surface area is 135 Å². The van der Waals surface area contributed by atoms with Crippen LogP contribution in [0.25, 0.3) is 0 Å². The molecule has 128 valence electrons. The first-order valence-electron chi connectivity index (χ1n) is 7.91. The van der Waals surface area contributed by atoms with Crippen LogP contribution in [0.3, 0.4) is 0 Å². The van der Waals surface area contributed by atoms with Crippen LogP contribution in [0.4, 0.5) is 4.79 Å². The van der Waals surface area contributed by atoms with Crippen LogP contribution in [-0.4, -0.2) is 44.4 Å². The molecule has 4 atom stereocenters. The molecule has 2 aliphatic rings. The molecule has 0 aliphatic heterocycles. The van der Waals surface area contributed by atoms with Crippen molar-refractivity contribution in [3.63, 3.8) is 0 Å². The van der Waals surface area contributed by atoms with Gasteiger partial charge in [0.15, 0.2) is 0 Å². The van der Waals surface area contributed by atoms with Gasteiger partial charge in [-0.3, -0.25) is 9.59 Å². The molecule has 0 aromatic carbocycles. The molecule has 7 nitrogen and oxygen atoms in total. The van der Waals surface area contributed by atoms with Crippen molar-refractivity contribution >= 4 is 18.0 Å². The quantitative estimate of drug-likeness (QED) is 0.467. The van der Waals surface area contributed by atoms with Gasteiger partial charge in [-0.05, 0) is 44.1 Å². The van der Waals surface area contributed by atoms with Crippen LogP contribution < -0.4 is 5.32 Å². The number of hydrogen-bond donors (Lipinski definition) is 1. The molecule has 0 aromatic heterocycles. The van der Waals surface area contributed by atoms with E-state index in [0.717, 1.165) is 12.8 Å². The van der Waals surface area contributed by atoms with Crippen LogP contribution in [0.1, 0.15) is 26.2 Å². The molecule has 1 unspecified atom stereocenters. The lowest BCUT2D eigenvalue weighted by atomic mass is 10.0. The summed E-state index contributed by atoms with van der Waals surface area (Å²) < 4.78 is 14.8. The molecule has 1 N–H and O–H groups in total. The Morgan fingerprint density at radius 2 is 2.00 bits per heavy atom. The lowest BCUT2D eigenvalue weighted by Gasteiger charge is -2.16. The first-order valence-corrected chi connectivity index (χ1v) is 7.91. The maximum atomic E-state index is 11.8. The number of ether oxygens (including phenoxy) is 3. The Bertz CT molecular complexity index is 489. The Hall–Kier alpha value is -2.05. The van der Waals surface area contributed by atoms with E-state index in [1.54, 1.807) is 6.92 Å². The monoisotopic (exact) mass is 325 g/mol. The zero-order chi connectivity index (χ0) is 16.8. The minimum absolute atomic E-state index is 0.0218. The first kappa shape index (κ1) is 17.3. The maximum Gasteiger partial charge on any atom is 0.408 e. The van der Waals surface area contributed by atoms with E-state index in [-0.39, 0.29) is 24.5 Å². The number of fused-ring (bicyclic) bond motifs is 1. The maximum absolute atomic E-state index is 11.8. The van der Waals surface area contributed by atoms with Gasteiger partial charge in [0.25, 0.3) is 0 Å². The summed E-state index contributed by atoms with van der Waals surface area (Å²) in [6, 6.07) is 0. The van der Waals surface area contributed by atoms with Gasteiger partial charge in [-0.2, -0.15) is 0 Å². The molecule has 2 aliphatic carbocycles. The molecule has 1 saturated carbocycles. The average Bonchev–Trinajstić information content (AvgIpc) is 3.19.